The number of esters is 1. The van der Waals surface area contributed by atoms with E-state index in [4.69, 9.17) is 4.52 Å². The van der Waals surface area contributed by atoms with Crippen LogP contribution < -0.4 is 9.62 Å². The summed E-state index contributed by atoms with van der Waals surface area (Å²) in [7, 11) is -3.76. The summed E-state index contributed by atoms with van der Waals surface area (Å²) in [5.74, 6) is -1.91. The number of hydrogen-bond donors (Lipinski definition) is 1. The van der Waals surface area contributed by atoms with Crippen LogP contribution in [0.3, 0.4) is 0 Å². The number of methoxy groups -OCH3 is 1. The highest BCUT2D eigenvalue weighted by molar-refractivity contribution is 7.92. The molecule has 0 radical (unpaired) electrons. The number of amides is 1. The van der Waals surface area contributed by atoms with Gasteiger partial charge in [0, 0.05) is 11.6 Å². The number of halogens is 3. The number of nitrogens with one attached hydrogen (secondary N) is 1. The summed E-state index contributed by atoms with van der Waals surface area (Å²) in [6, 6.07) is 10.9. The fraction of sp³-hybridized carbons (Fsp3) is 0.261. The third kappa shape index (κ3) is 5.67. The van der Waals surface area contributed by atoms with Gasteiger partial charge in [0.05, 0.1) is 17.7 Å². The first-order valence-electron chi connectivity index (χ1n) is 10.5. The predicted octanol–water partition coefficient (Wildman–Crippen LogP) is 3.98. The van der Waals surface area contributed by atoms with Gasteiger partial charge in [0.2, 0.25) is 5.76 Å². The molecule has 0 saturated heterocycles. The van der Waals surface area contributed by atoms with E-state index in [1.807, 2.05) is 0 Å². The second kappa shape index (κ2) is 10.4. The zero-order valence-electron chi connectivity index (χ0n) is 19.3. The minimum Gasteiger partial charge on any atom is -0.467 e. The van der Waals surface area contributed by atoms with Gasteiger partial charge in [-0.1, -0.05) is 49.3 Å². The highest BCUT2D eigenvalue weighted by Gasteiger charge is 2.46. The van der Waals surface area contributed by atoms with Crippen molar-refractivity contribution in [3.63, 3.8) is 0 Å². The third-order valence-corrected chi connectivity index (χ3v) is 6.82. The molecule has 192 valence electrons. The molecule has 3 rings (SSSR count). The second-order valence-corrected chi connectivity index (χ2v) is 9.68. The number of carbonyl (C=O) groups excluding carboxylic acids is 2. The van der Waals surface area contributed by atoms with E-state index in [0.29, 0.717) is 0 Å². The van der Waals surface area contributed by atoms with Gasteiger partial charge in [0.15, 0.2) is 0 Å². The van der Waals surface area contributed by atoms with Crippen LogP contribution in [0.2, 0.25) is 0 Å². The van der Waals surface area contributed by atoms with Crippen LogP contribution in [0.1, 0.15) is 24.4 Å². The van der Waals surface area contributed by atoms with Crippen molar-refractivity contribution in [1.82, 2.24) is 10.5 Å². The third-order valence-electron chi connectivity index (χ3n) is 5.05. The molecule has 0 spiro atoms. The average molecular weight is 526 g/mol. The van der Waals surface area contributed by atoms with Crippen molar-refractivity contribution in [2.75, 3.05) is 11.4 Å². The van der Waals surface area contributed by atoms with Gasteiger partial charge >= 0.3 is 12.3 Å². The number of rotatable bonds is 8. The van der Waals surface area contributed by atoms with Crippen LogP contribution in [0.15, 0.2) is 70.1 Å². The maximum Gasteiger partial charge on any atom is 0.498 e. The standard InChI is InChI=1S/C23H22F3N3O6S/c1-14(2)20(22(31)34-3)27-21(30)19-13-18(28-35-19)15-9-11-16(12-10-15)29(23(24,25)26)36(32,33)17-7-5-4-6-8-17/h4-14,20H,1-3H3,(H,27,30). The SMILES string of the molecule is COC(=O)C(NC(=O)c1cc(-c2ccc(N(C(F)(F)F)S(=O)(=O)c3ccccc3)cc2)no1)C(C)C. The summed E-state index contributed by atoms with van der Waals surface area (Å²) in [5.41, 5.74) is -0.279. The first kappa shape index (κ1) is 26.7. The molecule has 1 atom stereocenters. The lowest BCUT2D eigenvalue weighted by atomic mass is 10.0. The van der Waals surface area contributed by atoms with E-state index >= 15 is 0 Å². The topological polar surface area (TPSA) is 119 Å². The number of sulfonamides is 1. The lowest BCUT2D eigenvalue weighted by molar-refractivity contribution is -0.144. The Morgan fingerprint density at radius 3 is 2.19 bits per heavy atom. The smallest absolute Gasteiger partial charge is 0.467 e. The van der Waals surface area contributed by atoms with Crippen molar-refractivity contribution < 1.29 is 40.4 Å². The number of ether oxygens (including phenoxy) is 1. The molecular formula is C23H22F3N3O6S. The molecule has 13 heteroatoms. The van der Waals surface area contributed by atoms with E-state index in [0.717, 1.165) is 24.3 Å². The molecule has 1 unspecified atom stereocenters. The van der Waals surface area contributed by atoms with Gasteiger partial charge in [-0.3, -0.25) is 4.79 Å². The fourth-order valence-electron chi connectivity index (χ4n) is 3.24. The number of alkyl halides is 3. The Labute approximate surface area is 204 Å². The Balaban J connectivity index is 1.86. The van der Waals surface area contributed by atoms with E-state index in [9.17, 15) is 31.2 Å². The molecule has 1 N–H and O–H groups in total. The number of carbonyl (C=O) groups is 2. The van der Waals surface area contributed by atoms with Crippen molar-refractivity contribution in [2.24, 2.45) is 5.92 Å². The van der Waals surface area contributed by atoms with Crippen LogP contribution in [0.4, 0.5) is 18.9 Å². The molecule has 1 amide bonds. The molecular weight excluding hydrogens is 503 g/mol. The normalized spacial score (nSPS) is 12.8. The van der Waals surface area contributed by atoms with Crippen molar-refractivity contribution in [1.29, 1.82) is 0 Å². The molecule has 3 aromatic rings. The molecule has 2 aromatic carbocycles. The summed E-state index contributed by atoms with van der Waals surface area (Å²) in [4.78, 5) is 23.8. The van der Waals surface area contributed by atoms with Crippen LogP contribution in [0, 0.1) is 5.92 Å². The van der Waals surface area contributed by atoms with Gasteiger partial charge in [-0.05, 0) is 30.2 Å². The van der Waals surface area contributed by atoms with E-state index < -0.39 is 49.1 Å². The summed E-state index contributed by atoms with van der Waals surface area (Å²) >= 11 is 0. The summed E-state index contributed by atoms with van der Waals surface area (Å²) in [5, 5.41) is 6.21. The Morgan fingerprint density at radius 1 is 1.06 bits per heavy atom. The highest BCUT2D eigenvalue weighted by atomic mass is 32.2. The molecule has 0 saturated carbocycles. The van der Waals surface area contributed by atoms with E-state index in [2.05, 4.69) is 15.2 Å². The van der Waals surface area contributed by atoms with Crippen molar-refractivity contribution in [2.45, 2.75) is 31.1 Å². The Morgan fingerprint density at radius 2 is 1.67 bits per heavy atom. The van der Waals surface area contributed by atoms with Crippen LogP contribution in [-0.4, -0.2) is 44.9 Å². The Hall–Kier alpha value is -3.87. The number of hydrogen-bond acceptors (Lipinski definition) is 7. The lowest BCUT2D eigenvalue weighted by Gasteiger charge is -2.26. The van der Waals surface area contributed by atoms with Crippen molar-refractivity contribution in [3.05, 3.63) is 66.4 Å². The maximum atomic E-state index is 13.8. The molecule has 1 heterocycles. The van der Waals surface area contributed by atoms with Crippen molar-refractivity contribution >= 4 is 27.6 Å². The molecule has 0 aliphatic rings. The average Bonchev–Trinajstić information content (AvgIpc) is 3.32. The number of anilines is 1. The summed E-state index contributed by atoms with van der Waals surface area (Å²) in [6.45, 7) is 3.41. The summed E-state index contributed by atoms with van der Waals surface area (Å²) < 4.78 is 75.9. The van der Waals surface area contributed by atoms with E-state index in [1.54, 1.807) is 13.8 Å². The fourth-order valence-corrected chi connectivity index (χ4v) is 4.63. The molecule has 36 heavy (non-hydrogen) atoms. The number of benzene rings is 2. The summed E-state index contributed by atoms with van der Waals surface area (Å²) in [6.07, 6.45) is -5.23. The second-order valence-electron chi connectivity index (χ2n) is 7.89. The Bertz CT molecular complexity index is 1320. The minimum atomic E-state index is -5.23. The largest absolute Gasteiger partial charge is 0.498 e. The molecule has 1 aromatic heterocycles. The van der Waals surface area contributed by atoms with Crippen LogP contribution >= 0.6 is 0 Å². The zero-order chi connectivity index (χ0) is 26.7. The maximum absolute atomic E-state index is 13.8. The molecule has 0 aliphatic heterocycles. The van der Waals surface area contributed by atoms with E-state index in [1.165, 1.54) is 43.5 Å². The highest BCUT2D eigenvalue weighted by Crippen LogP contribution is 2.35. The van der Waals surface area contributed by atoms with Gasteiger partial charge in [0.25, 0.3) is 15.9 Å². The molecule has 0 bridgehead atoms. The first-order valence-corrected chi connectivity index (χ1v) is 11.9. The first-order chi connectivity index (χ1) is 16.9. The zero-order valence-corrected chi connectivity index (χ0v) is 20.1. The Kier molecular flexibility index (Phi) is 7.72. The lowest BCUT2D eigenvalue weighted by Crippen LogP contribution is -2.44. The molecule has 0 fully saturated rings. The number of aromatic nitrogens is 1. The van der Waals surface area contributed by atoms with Crippen LogP contribution in [0.5, 0.6) is 0 Å². The molecule has 9 nitrogen and oxygen atoms in total. The molecule has 0 aliphatic carbocycles. The van der Waals surface area contributed by atoms with Gasteiger partial charge in [-0.2, -0.15) is 4.31 Å². The minimum absolute atomic E-state index is 0.107. The quantitative estimate of drug-likeness (QED) is 0.349. The monoisotopic (exact) mass is 525 g/mol. The van der Waals surface area contributed by atoms with Gasteiger partial charge in [-0.15, -0.1) is 13.2 Å². The van der Waals surface area contributed by atoms with Crippen LogP contribution in [0.25, 0.3) is 11.3 Å². The van der Waals surface area contributed by atoms with E-state index in [-0.39, 0.29) is 22.9 Å². The van der Waals surface area contributed by atoms with Crippen molar-refractivity contribution in [3.8, 4) is 11.3 Å². The van der Waals surface area contributed by atoms with Gasteiger partial charge in [0.1, 0.15) is 11.7 Å². The van der Waals surface area contributed by atoms with Gasteiger partial charge in [-0.25, -0.2) is 13.2 Å². The number of nitrogens with zero attached hydrogens (tertiary/aromatic N) is 2. The predicted molar refractivity (Wildman–Crippen MR) is 122 cm³/mol. The van der Waals surface area contributed by atoms with Crippen LogP contribution in [-0.2, 0) is 19.6 Å². The van der Waals surface area contributed by atoms with Gasteiger partial charge < -0.3 is 14.6 Å².